The van der Waals surface area contributed by atoms with E-state index >= 15 is 0 Å². The predicted molar refractivity (Wildman–Crippen MR) is 115 cm³/mol. The minimum Gasteiger partial charge on any atom is -0.504 e. The van der Waals surface area contributed by atoms with Crippen LogP contribution < -0.4 is 10.2 Å². The number of nitrogens with zero attached hydrogens (tertiary/aromatic N) is 2. The van der Waals surface area contributed by atoms with Crippen molar-refractivity contribution in [2.24, 2.45) is 10.9 Å². The minimum atomic E-state index is -0.471. The molecule has 0 aromatic heterocycles. The number of allylic oxidation sites excluding steroid dienone is 1. The van der Waals surface area contributed by atoms with Crippen molar-refractivity contribution >= 4 is 23.4 Å². The molecule has 7 nitrogen and oxygen atoms in total. The van der Waals surface area contributed by atoms with Crippen molar-refractivity contribution in [2.75, 3.05) is 20.3 Å². The number of aliphatic imine (C=N–C) groups is 1. The summed E-state index contributed by atoms with van der Waals surface area (Å²) in [5.41, 5.74) is 4.41. The Morgan fingerprint density at radius 3 is 2.80 bits per heavy atom. The molecule has 2 N–H and O–H groups in total. The van der Waals surface area contributed by atoms with Crippen molar-refractivity contribution in [3.05, 3.63) is 65.2 Å². The van der Waals surface area contributed by atoms with Gasteiger partial charge in [-0.1, -0.05) is 36.0 Å². The topological polar surface area (TPSA) is 83.4 Å². The number of fused-ring (bicyclic) bond motifs is 1. The number of carbonyl (C=O) groups excluding carboxylic acids is 1. The van der Waals surface area contributed by atoms with Crippen molar-refractivity contribution in [2.45, 2.75) is 18.0 Å². The van der Waals surface area contributed by atoms with E-state index in [0.29, 0.717) is 30.2 Å². The first-order valence-electron chi connectivity index (χ1n) is 9.70. The summed E-state index contributed by atoms with van der Waals surface area (Å²) in [7, 11) is 1.51. The third-order valence-electron chi connectivity index (χ3n) is 4.92. The fourth-order valence-corrected chi connectivity index (χ4v) is 4.46. The number of thioether (sulfide) groups is 1. The third kappa shape index (κ3) is 3.88. The van der Waals surface area contributed by atoms with E-state index in [1.165, 1.54) is 7.11 Å². The predicted octanol–water partition coefficient (Wildman–Crippen LogP) is 3.16. The van der Waals surface area contributed by atoms with E-state index in [1.54, 1.807) is 36.9 Å². The highest BCUT2D eigenvalue weighted by Gasteiger charge is 2.43. The minimum absolute atomic E-state index is 0.0196. The van der Waals surface area contributed by atoms with Gasteiger partial charge >= 0.3 is 5.97 Å². The van der Waals surface area contributed by atoms with Crippen LogP contribution in [0.3, 0.4) is 0 Å². The van der Waals surface area contributed by atoms with E-state index in [2.05, 4.69) is 5.43 Å². The standard InChI is InChI=1S/C22H23N3O4S/c1-3-29-22(27)16-13-23-25-19(30-14-8-5-4-6-9-14)12-17(24-21(16)25)15-10-7-11-18(28-2)20(15)26/h4-12,16,21,23,26H,3,13H2,1-2H3. The summed E-state index contributed by atoms with van der Waals surface area (Å²) in [5, 5.41) is 13.4. The molecule has 0 amide bonds. The molecule has 1 fully saturated rings. The first kappa shape index (κ1) is 20.3. The zero-order chi connectivity index (χ0) is 21.1. The quantitative estimate of drug-likeness (QED) is 0.688. The van der Waals surface area contributed by atoms with Crippen LogP contribution in [0.5, 0.6) is 11.5 Å². The lowest BCUT2D eigenvalue weighted by molar-refractivity contribution is -0.148. The number of para-hydroxylation sites is 1. The summed E-state index contributed by atoms with van der Waals surface area (Å²) in [6.45, 7) is 2.53. The number of benzene rings is 2. The lowest BCUT2D eigenvalue weighted by Gasteiger charge is -2.31. The number of esters is 1. The van der Waals surface area contributed by atoms with Gasteiger partial charge in [0.2, 0.25) is 0 Å². The Morgan fingerprint density at radius 1 is 1.27 bits per heavy atom. The van der Waals surface area contributed by atoms with Gasteiger partial charge in [-0.3, -0.25) is 14.8 Å². The molecule has 2 heterocycles. The highest BCUT2D eigenvalue weighted by atomic mass is 32.2. The van der Waals surface area contributed by atoms with Crippen LogP contribution in [0, 0.1) is 5.92 Å². The zero-order valence-corrected chi connectivity index (χ0v) is 17.6. The Hall–Kier alpha value is -2.97. The molecule has 0 spiro atoms. The number of nitrogens with one attached hydrogen (secondary N) is 1. The first-order valence-corrected chi connectivity index (χ1v) is 10.5. The van der Waals surface area contributed by atoms with Crippen molar-refractivity contribution in [3.63, 3.8) is 0 Å². The lowest BCUT2D eigenvalue weighted by Crippen LogP contribution is -2.40. The van der Waals surface area contributed by atoms with Crippen LogP contribution in [0.2, 0.25) is 0 Å². The molecule has 0 bridgehead atoms. The van der Waals surface area contributed by atoms with Gasteiger partial charge in [-0.05, 0) is 37.3 Å². The molecular formula is C22H23N3O4S. The normalized spacial score (nSPS) is 20.3. The highest BCUT2D eigenvalue weighted by molar-refractivity contribution is 8.03. The molecule has 2 atom stereocenters. The van der Waals surface area contributed by atoms with Crippen LogP contribution in [-0.4, -0.2) is 48.2 Å². The number of phenolic OH excluding ortho intramolecular Hbond substituents is 1. The van der Waals surface area contributed by atoms with E-state index in [9.17, 15) is 9.90 Å². The molecule has 2 aliphatic rings. The van der Waals surface area contributed by atoms with Crippen LogP contribution in [0.1, 0.15) is 12.5 Å². The van der Waals surface area contributed by atoms with E-state index < -0.39 is 12.1 Å². The first-order chi connectivity index (χ1) is 14.6. The van der Waals surface area contributed by atoms with Gasteiger partial charge in [0.1, 0.15) is 5.92 Å². The van der Waals surface area contributed by atoms with Crippen molar-refractivity contribution in [1.29, 1.82) is 0 Å². The fourth-order valence-electron chi connectivity index (χ4n) is 3.48. The van der Waals surface area contributed by atoms with Crippen LogP contribution in [-0.2, 0) is 9.53 Å². The number of aromatic hydroxyl groups is 1. The summed E-state index contributed by atoms with van der Waals surface area (Å²) >= 11 is 1.56. The maximum absolute atomic E-state index is 12.5. The molecular weight excluding hydrogens is 402 g/mol. The molecule has 1 saturated heterocycles. The highest BCUT2D eigenvalue weighted by Crippen LogP contribution is 2.39. The molecule has 0 aliphatic carbocycles. The summed E-state index contributed by atoms with van der Waals surface area (Å²) in [5.74, 6) is -0.352. The van der Waals surface area contributed by atoms with Crippen LogP contribution in [0.15, 0.2) is 69.5 Å². The number of carbonyl (C=O) groups is 1. The molecule has 2 aromatic carbocycles. The van der Waals surface area contributed by atoms with E-state index in [-0.39, 0.29) is 11.7 Å². The Balaban J connectivity index is 1.75. The van der Waals surface area contributed by atoms with Crippen molar-refractivity contribution in [3.8, 4) is 11.5 Å². The van der Waals surface area contributed by atoms with Gasteiger partial charge in [0, 0.05) is 17.0 Å². The zero-order valence-electron chi connectivity index (χ0n) is 16.7. The van der Waals surface area contributed by atoms with Crippen molar-refractivity contribution < 1.29 is 19.4 Å². The lowest BCUT2D eigenvalue weighted by atomic mass is 10.0. The van der Waals surface area contributed by atoms with Crippen LogP contribution >= 0.6 is 11.8 Å². The fraction of sp³-hybridized carbons (Fsp3) is 0.273. The molecule has 0 radical (unpaired) electrons. The summed E-state index contributed by atoms with van der Waals surface area (Å²) in [6, 6.07) is 15.2. The van der Waals surface area contributed by atoms with Gasteiger partial charge in [0.05, 0.1) is 24.5 Å². The van der Waals surface area contributed by atoms with E-state index in [0.717, 1.165) is 9.92 Å². The summed E-state index contributed by atoms with van der Waals surface area (Å²) in [6.07, 6.45) is 1.43. The van der Waals surface area contributed by atoms with Gasteiger partial charge in [-0.25, -0.2) is 5.43 Å². The Labute approximate surface area is 179 Å². The molecule has 2 unspecified atom stereocenters. The summed E-state index contributed by atoms with van der Waals surface area (Å²) < 4.78 is 10.5. The number of hydrogen-bond donors (Lipinski definition) is 2. The van der Waals surface area contributed by atoms with Gasteiger partial charge < -0.3 is 14.6 Å². The number of methoxy groups -OCH3 is 1. The molecule has 30 heavy (non-hydrogen) atoms. The molecule has 8 heteroatoms. The maximum atomic E-state index is 12.5. The van der Waals surface area contributed by atoms with Crippen LogP contribution in [0.25, 0.3) is 0 Å². The Kier molecular flexibility index (Phi) is 5.96. The van der Waals surface area contributed by atoms with Gasteiger partial charge in [-0.2, -0.15) is 0 Å². The largest absolute Gasteiger partial charge is 0.504 e. The smallest absolute Gasteiger partial charge is 0.314 e. The van der Waals surface area contributed by atoms with E-state index in [1.807, 2.05) is 41.4 Å². The van der Waals surface area contributed by atoms with Gasteiger partial charge in [-0.15, -0.1) is 0 Å². The molecule has 2 aromatic rings. The molecule has 156 valence electrons. The Bertz CT molecular complexity index is 993. The maximum Gasteiger partial charge on any atom is 0.314 e. The number of ether oxygens (including phenoxy) is 2. The number of hydrogen-bond acceptors (Lipinski definition) is 8. The number of rotatable bonds is 6. The Morgan fingerprint density at radius 2 is 2.07 bits per heavy atom. The molecule has 4 rings (SSSR count). The second-order valence-electron chi connectivity index (χ2n) is 6.77. The van der Waals surface area contributed by atoms with E-state index in [4.69, 9.17) is 14.5 Å². The monoisotopic (exact) mass is 425 g/mol. The number of hydrazine groups is 1. The third-order valence-corrected chi connectivity index (χ3v) is 5.96. The average Bonchev–Trinajstić information content (AvgIpc) is 3.19. The van der Waals surface area contributed by atoms with Gasteiger partial charge in [0.15, 0.2) is 17.7 Å². The van der Waals surface area contributed by atoms with Crippen molar-refractivity contribution in [1.82, 2.24) is 10.4 Å². The van der Waals surface area contributed by atoms with Crippen LogP contribution in [0.4, 0.5) is 0 Å². The number of phenols is 1. The molecule has 0 saturated carbocycles. The second-order valence-corrected chi connectivity index (χ2v) is 7.87. The SMILES string of the molecule is CCOC(=O)C1CNN2C(Sc3ccccc3)=CC(c3cccc(OC)c3O)=NC12. The second kappa shape index (κ2) is 8.81. The molecule has 2 aliphatic heterocycles. The van der Waals surface area contributed by atoms with Gasteiger partial charge in [0.25, 0.3) is 0 Å². The summed E-state index contributed by atoms with van der Waals surface area (Å²) in [4.78, 5) is 18.4. The average molecular weight is 426 g/mol.